The Kier molecular flexibility index (Phi) is 2.99. The molecule has 3 unspecified atom stereocenters. The van der Waals surface area contributed by atoms with Crippen LogP contribution >= 0.6 is 0 Å². The van der Waals surface area contributed by atoms with Crippen molar-refractivity contribution in [2.75, 3.05) is 26.3 Å². The minimum absolute atomic E-state index is 0.160. The molecule has 3 rings (SSSR count). The highest BCUT2D eigenvalue weighted by Gasteiger charge is 2.32. The van der Waals surface area contributed by atoms with E-state index in [2.05, 4.69) is 12.2 Å². The molecule has 2 fully saturated rings. The van der Waals surface area contributed by atoms with Crippen LogP contribution in [0.4, 0.5) is 0 Å². The number of carbonyl (C=O) groups excluding carboxylic acids is 1. The van der Waals surface area contributed by atoms with Gasteiger partial charge in [-0.3, -0.25) is 4.79 Å². The van der Waals surface area contributed by atoms with Gasteiger partial charge in [0.1, 0.15) is 6.10 Å². The average Bonchev–Trinajstić information content (AvgIpc) is 3.19. The zero-order valence-corrected chi connectivity index (χ0v) is 9.75. The molecular formula is C13H17NO3. The molecule has 3 aliphatic rings. The summed E-state index contributed by atoms with van der Waals surface area (Å²) in [4.78, 5) is 12.6. The van der Waals surface area contributed by atoms with Crippen LogP contribution in [0.25, 0.3) is 0 Å². The highest BCUT2D eigenvalue weighted by atomic mass is 16.6. The summed E-state index contributed by atoms with van der Waals surface area (Å²) in [6, 6.07) is 0. The lowest BCUT2D eigenvalue weighted by molar-refractivity contribution is -0.118. The van der Waals surface area contributed by atoms with E-state index in [1.54, 1.807) is 0 Å². The van der Waals surface area contributed by atoms with Crippen LogP contribution in [0.3, 0.4) is 0 Å². The fourth-order valence-electron chi connectivity index (χ4n) is 2.54. The summed E-state index contributed by atoms with van der Waals surface area (Å²) >= 11 is 0. The van der Waals surface area contributed by atoms with Gasteiger partial charge in [0.2, 0.25) is 6.41 Å². The van der Waals surface area contributed by atoms with Crippen LogP contribution in [0.2, 0.25) is 0 Å². The van der Waals surface area contributed by atoms with E-state index in [0.717, 1.165) is 32.5 Å². The monoisotopic (exact) mass is 235 g/mol. The normalized spacial score (nSPS) is 35.2. The van der Waals surface area contributed by atoms with Crippen LogP contribution in [0, 0.1) is 5.92 Å². The standard InChI is InChI=1S/C13H17NO3/c15-9-14-5-4-12-10(6-14)2-1-3-13(12)17-8-11-7-16-11/h1-3,9,11-13H,4-8H2. The number of likely N-dealkylation sites (tertiary alicyclic amines) is 1. The molecule has 92 valence electrons. The molecule has 0 radical (unpaired) electrons. The van der Waals surface area contributed by atoms with Crippen molar-refractivity contribution in [3.05, 3.63) is 23.8 Å². The Morgan fingerprint density at radius 2 is 2.47 bits per heavy atom. The summed E-state index contributed by atoms with van der Waals surface area (Å²) in [5, 5.41) is 0. The Hall–Kier alpha value is -1.13. The molecule has 0 N–H and O–H groups in total. The van der Waals surface area contributed by atoms with E-state index in [4.69, 9.17) is 9.47 Å². The summed E-state index contributed by atoms with van der Waals surface area (Å²) < 4.78 is 11.0. The Morgan fingerprint density at radius 1 is 1.59 bits per heavy atom. The van der Waals surface area contributed by atoms with Crippen molar-refractivity contribution in [1.29, 1.82) is 0 Å². The molecule has 17 heavy (non-hydrogen) atoms. The van der Waals surface area contributed by atoms with E-state index in [0.29, 0.717) is 18.6 Å². The highest BCUT2D eigenvalue weighted by molar-refractivity contribution is 5.49. The molecule has 0 aromatic heterocycles. The number of piperidine rings is 1. The Morgan fingerprint density at radius 3 is 3.24 bits per heavy atom. The molecule has 0 bridgehead atoms. The van der Waals surface area contributed by atoms with Gasteiger partial charge in [-0.25, -0.2) is 0 Å². The van der Waals surface area contributed by atoms with Crippen molar-refractivity contribution >= 4 is 6.41 Å². The van der Waals surface area contributed by atoms with Crippen LogP contribution in [0.5, 0.6) is 0 Å². The Bertz CT molecular complexity index is 360. The first kappa shape index (κ1) is 11.0. The first-order valence-electron chi connectivity index (χ1n) is 6.16. The number of amides is 1. The van der Waals surface area contributed by atoms with E-state index in [-0.39, 0.29) is 6.10 Å². The van der Waals surface area contributed by atoms with E-state index in [1.165, 1.54) is 5.57 Å². The number of allylic oxidation sites excluding steroid dienone is 2. The summed E-state index contributed by atoms with van der Waals surface area (Å²) in [6.45, 7) is 3.11. The second-order valence-electron chi connectivity index (χ2n) is 4.85. The molecule has 4 heteroatoms. The van der Waals surface area contributed by atoms with E-state index in [1.807, 2.05) is 11.0 Å². The van der Waals surface area contributed by atoms with Crippen molar-refractivity contribution in [2.45, 2.75) is 18.6 Å². The second kappa shape index (κ2) is 4.63. The van der Waals surface area contributed by atoms with Gasteiger partial charge in [0.15, 0.2) is 0 Å². The summed E-state index contributed by atoms with van der Waals surface area (Å²) in [7, 11) is 0. The molecule has 3 atom stereocenters. The third-order valence-corrected chi connectivity index (χ3v) is 3.62. The van der Waals surface area contributed by atoms with Crippen LogP contribution in [0.15, 0.2) is 23.8 Å². The van der Waals surface area contributed by atoms with Crippen molar-refractivity contribution < 1.29 is 14.3 Å². The van der Waals surface area contributed by atoms with Crippen LogP contribution in [0.1, 0.15) is 6.42 Å². The summed E-state index contributed by atoms with van der Waals surface area (Å²) in [6.07, 6.45) is 8.68. The largest absolute Gasteiger partial charge is 0.371 e. The van der Waals surface area contributed by atoms with Crippen molar-refractivity contribution in [3.63, 3.8) is 0 Å². The van der Waals surface area contributed by atoms with Gasteiger partial charge in [0.25, 0.3) is 0 Å². The molecule has 4 nitrogen and oxygen atoms in total. The fraction of sp³-hybridized carbons (Fsp3) is 0.615. The smallest absolute Gasteiger partial charge is 0.209 e. The van der Waals surface area contributed by atoms with Gasteiger partial charge in [-0.15, -0.1) is 0 Å². The number of hydrogen-bond acceptors (Lipinski definition) is 3. The Balaban J connectivity index is 1.62. The molecular weight excluding hydrogens is 218 g/mol. The third-order valence-electron chi connectivity index (χ3n) is 3.62. The summed E-state index contributed by atoms with van der Waals surface area (Å²) in [5.41, 5.74) is 1.31. The zero-order valence-electron chi connectivity index (χ0n) is 9.75. The minimum atomic E-state index is 0.160. The first-order valence-corrected chi connectivity index (χ1v) is 6.16. The van der Waals surface area contributed by atoms with Gasteiger partial charge in [-0.05, 0) is 12.0 Å². The van der Waals surface area contributed by atoms with Gasteiger partial charge in [-0.2, -0.15) is 0 Å². The number of ether oxygens (including phenoxy) is 2. The van der Waals surface area contributed by atoms with Crippen LogP contribution in [-0.4, -0.2) is 49.8 Å². The number of hydrogen-bond donors (Lipinski definition) is 0. The lowest BCUT2D eigenvalue weighted by Gasteiger charge is -2.37. The number of rotatable bonds is 4. The van der Waals surface area contributed by atoms with Gasteiger partial charge < -0.3 is 14.4 Å². The van der Waals surface area contributed by atoms with Crippen molar-refractivity contribution in [3.8, 4) is 0 Å². The van der Waals surface area contributed by atoms with E-state index < -0.39 is 0 Å². The number of carbonyl (C=O) groups is 1. The SMILES string of the molecule is O=CN1CCC2C(=CC=CC2OCC2CO2)C1. The predicted molar refractivity (Wildman–Crippen MR) is 62.4 cm³/mol. The first-order chi connectivity index (χ1) is 8.36. The maximum atomic E-state index is 10.8. The predicted octanol–water partition coefficient (Wildman–Crippen LogP) is 0.745. The minimum Gasteiger partial charge on any atom is -0.371 e. The quantitative estimate of drug-likeness (QED) is 0.533. The molecule has 2 saturated heterocycles. The molecule has 1 aliphatic carbocycles. The third kappa shape index (κ3) is 2.42. The van der Waals surface area contributed by atoms with Gasteiger partial charge in [-0.1, -0.05) is 18.2 Å². The number of fused-ring (bicyclic) bond motifs is 1. The molecule has 0 spiro atoms. The van der Waals surface area contributed by atoms with Crippen molar-refractivity contribution in [2.24, 2.45) is 5.92 Å². The Labute approximate surface area is 101 Å². The van der Waals surface area contributed by atoms with E-state index >= 15 is 0 Å². The van der Waals surface area contributed by atoms with Gasteiger partial charge in [0.05, 0.1) is 19.3 Å². The van der Waals surface area contributed by atoms with Crippen molar-refractivity contribution in [1.82, 2.24) is 4.90 Å². The van der Waals surface area contributed by atoms with Gasteiger partial charge in [0, 0.05) is 19.0 Å². The maximum absolute atomic E-state index is 10.8. The zero-order chi connectivity index (χ0) is 11.7. The molecule has 0 aromatic rings. The fourth-order valence-corrected chi connectivity index (χ4v) is 2.54. The molecule has 2 aliphatic heterocycles. The molecule has 1 amide bonds. The average molecular weight is 235 g/mol. The lowest BCUT2D eigenvalue weighted by atomic mass is 9.83. The maximum Gasteiger partial charge on any atom is 0.209 e. The van der Waals surface area contributed by atoms with Crippen LogP contribution < -0.4 is 0 Å². The number of epoxide rings is 1. The number of nitrogens with zero attached hydrogens (tertiary/aromatic N) is 1. The van der Waals surface area contributed by atoms with E-state index in [9.17, 15) is 4.79 Å². The van der Waals surface area contributed by atoms with Crippen LogP contribution in [-0.2, 0) is 14.3 Å². The lowest BCUT2D eigenvalue weighted by Crippen LogP contribution is -2.40. The molecule has 0 aromatic carbocycles. The van der Waals surface area contributed by atoms with Gasteiger partial charge >= 0.3 is 0 Å². The second-order valence-corrected chi connectivity index (χ2v) is 4.85. The highest BCUT2D eigenvalue weighted by Crippen LogP contribution is 2.31. The molecule has 2 heterocycles. The molecule has 0 saturated carbocycles. The topological polar surface area (TPSA) is 42.1 Å². The summed E-state index contributed by atoms with van der Waals surface area (Å²) in [5.74, 6) is 0.440.